The number of hydrogen-bond acceptors (Lipinski definition) is 4. The number of aromatic nitrogens is 1. The molecule has 0 bridgehead atoms. The summed E-state index contributed by atoms with van der Waals surface area (Å²) in [6, 6.07) is 3.62. The van der Waals surface area contributed by atoms with Gasteiger partial charge in [0.2, 0.25) is 0 Å². The maximum atomic E-state index is 12.2. The van der Waals surface area contributed by atoms with Crippen LogP contribution < -0.4 is 10.6 Å². The van der Waals surface area contributed by atoms with Crippen molar-refractivity contribution in [2.45, 2.75) is 38.8 Å². The van der Waals surface area contributed by atoms with Gasteiger partial charge < -0.3 is 15.4 Å². The third kappa shape index (κ3) is 3.67. The number of ether oxygens (including phenoxy) is 1. The molecule has 19 heavy (non-hydrogen) atoms. The molecule has 2 atom stereocenters. The van der Waals surface area contributed by atoms with Gasteiger partial charge in [-0.25, -0.2) is 4.98 Å². The Hall–Kier alpha value is -1.62. The van der Waals surface area contributed by atoms with Crippen LogP contribution in [0.4, 0.5) is 5.82 Å². The fraction of sp³-hybridized carbons (Fsp3) is 0.571. The van der Waals surface area contributed by atoms with Crippen LogP contribution in [0.1, 0.15) is 37.0 Å². The van der Waals surface area contributed by atoms with Crippen LogP contribution in [0, 0.1) is 0 Å². The highest BCUT2D eigenvalue weighted by Gasteiger charge is 2.25. The van der Waals surface area contributed by atoms with Gasteiger partial charge in [-0.05, 0) is 31.9 Å². The summed E-state index contributed by atoms with van der Waals surface area (Å²) >= 11 is 0. The average molecular weight is 263 g/mol. The predicted molar refractivity (Wildman–Crippen MR) is 74.3 cm³/mol. The van der Waals surface area contributed by atoms with Crippen molar-refractivity contribution < 1.29 is 9.53 Å². The summed E-state index contributed by atoms with van der Waals surface area (Å²) < 4.78 is 5.44. The van der Waals surface area contributed by atoms with E-state index in [1.807, 2.05) is 6.92 Å². The predicted octanol–water partition coefficient (Wildman–Crippen LogP) is 1.81. The minimum Gasteiger partial charge on any atom is -0.376 e. The van der Waals surface area contributed by atoms with Crippen LogP contribution in [0.15, 0.2) is 18.3 Å². The van der Waals surface area contributed by atoms with Crippen LogP contribution in [-0.4, -0.2) is 36.2 Å². The molecule has 0 aliphatic carbocycles. The van der Waals surface area contributed by atoms with E-state index in [2.05, 4.69) is 22.5 Å². The molecule has 2 heterocycles. The monoisotopic (exact) mass is 263 g/mol. The van der Waals surface area contributed by atoms with Gasteiger partial charge in [-0.15, -0.1) is 0 Å². The van der Waals surface area contributed by atoms with Crippen LogP contribution >= 0.6 is 0 Å². The fourth-order valence-electron chi connectivity index (χ4n) is 2.09. The summed E-state index contributed by atoms with van der Waals surface area (Å²) in [4.78, 5) is 16.3. The first kappa shape index (κ1) is 13.8. The van der Waals surface area contributed by atoms with E-state index in [-0.39, 0.29) is 18.1 Å². The van der Waals surface area contributed by atoms with Gasteiger partial charge in [0.1, 0.15) is 5.82 Å². The number of nitrogens with zero attached hydrogens (tertiary/aromatic N) is 1. The highest BCUT2D eigenvalue weighted by molar-refractivity contribution is 5.95. The van der Waals surface area contributed by atoms with Crippen LogP contribution in [0.3, 0.4) is 0 Å². The Kier molecular flexibility index (Phi) is 4.74. The first-order valence-electron chi connectivity index (χ1n) is 6.83. The first-order valence-corrected chi connectivity index (χ1v) is 6.83. The summed E-state index contributed by atoms with van der Waals surface area (Å²) in [7, 11) is 0. The molecule has 5 nitrogen and oxygen atoms in total. The Morgan fingerprint density at radius 1 is 1.58 bits per heavy atom. The maximum absolute atomic E-state index is 12.2. The highest BCUT2D eigenvalue weighted by atomic mass is 16.5. The maximum Gasteiger partial charge on any atom is 0.251 e. The molecule has 1 aliphatic rings. The Bertz CT molecular complexity index is 436. The van der Waals surface area contributed by atoms with Gasteiger partial charge in [0, 0.05) is 24.9 Å². The molecule has 0 spiro atoms. The minimum absolute atomic E-state index is 0.0655. The van der Waals surface area contributed by atoms with Crippen molar-refractivity contribution in [3.8, 4) is 0 Å². The molecule has 2 unspecified atom stereocenters. The second-order valence-corrected chi connectivity index (χ2v) is 4.80. The molecule has 1 saturated heterocycles. The Balaban J connectivity index is 1.98. The van der Waals surface area contributed by atoms with Crippen molar-refractivity contribution in [2.75, 3.05) is 18.5 Å². The number of pyridine rings is 1. The lowest BCUT2D eigenvalue weighted by Crippen LogP contribution is -2.39. The lowest BCUT2D eigenvalue weighted by molar-refractivity contribution is 0.0866. The second kappa shape index (κ2) is 6.52. The average Bonchev–Trinajstić information content (AvgIpc) is 2.82. The largest absolute Gasteiger partial charge is 0.376 e. The van der Waals surface area contributed by atoms with Gasteiger partial charge >= 0.3 is 0 Å². The molecule has 0 aromatic carbocycles. The summed E-state index contributed by atoms with van der Waals surface area (Å²) in [5, 5.41) is 6.18. The molecular weight excluding hydrogens is 242 g/mol. The molecule has 2 rings (SSSR count). The van der Waals surface area contributed by atoms with Gasteiger partial charge in [0.25, 0.3) is 5.91 Å². The van der Waals surface area contributed by atoms with Crippen LogP contribution in [0.5, 0.6) is 0 Å². The van der Waals surface area contributed by atoms with Crippen molar-refractivity contribution in [1.82, 2.24) is 10.3 Å². The summed E-state index contributed by atoms with van der Waals surface area (Å²) in [5.74, 6) is 0.675. The first-order chi connectivity index (χ1) is 9.20. The molecule has 0 saturated carbocycles. The second-order valence-electron chi connectivity index (χ2n) is 4.80. The highest BCUT2D eigenvalue weighted by Crippen LogP contribution is 2.14. The van der Waals surface area contributed by atoms with Crippen molar-refractivity contribution in [3.63, 3.8) is 0 Å². The number of carbonyl (C=O) groups excluding carboxylic acids is 1. The number of amides is 1. The topological polar surface area (TPSA) is 63.2 Å². The molecule has 2 N–H and O–H groups in total. The summed E-state index contributed by atoms with van der Waals surface area (Å²) in [6.07, 6.45) is 3.64. The lowest BCUT2D eigenvalue weighted by Gasteiger charge is -2.16. The molecule has 1 aromatic rings. The summed E-state index contributed by atoms with van der Waals surface area (Å²) in [5.41, 5.74) is 0.632. The SMILES string of the molecule is CCCNc1cc(C(=O)NC2CCOC2C)ccn1. The van der Waals surface area contributed by atoms with Crippen LogP contribution in [0.25, 0.3) is 0 Å². The van der Waals surface area contributed by atoms with Gasteiger partial charge in [-0.2, -0.15) is 0 Å². The van der Waals surface area contributed by atoms with E-state index < -0.39 is 0 Å². The van der Waals surface area contributed by atoms with E-state index in [1.54, 1.807) is 18.3 Å². The molecule has 1 aromatic heterocycles. The molecule has 1 aliphatic heterocycles. The summed E-state index contributed by atoms with van der Waals surface area (Å²) in [6.45, 7) is 5.64. The quantitative estimate of drug-likeness (QED) is 0.850. The smallest absolute Gasteiger partial charge is 0.251 e. The number of carbonyl (C=O) groups is 1. The van der Waals surface area contributed by atoms with Crippen molar-refractivity contribution >= 4 is 11.7 Å². The normalized spacial score (nSPS) is 22.2. The molecule has 1 fully saturated rings. The van der Waals surface area contributed by atoms with Crippen LogP contribution in [0.2, 0.25) is 0 Å². The van der Waals surface area contributed by atoms with Crippen LogP contribution in [-0.2, 0) is 4.74 Å². The number of rotatable bonds is 5. The Morgan fingerprint density at radius 3 is 3.11 bits per heavy atom. The fourth-order valence-corrected chi connectivity index (χ4v) is 2.09. The number of hydrogen-bond donors (Lipinski definition) is 2. The van der Waals surface area contributed by atoms with Gasteiger partial charge in [-0.3, -0.25) is 4.79 Å². The van der Waals surface area contributed by atoms with Gasteiger partial charge in [-0.1, -0.05) is 6.92 Å². The van der Waals surface area contributed by atoms with E-state index in [0.29, 0.717) is 12.2 Å². The van der Waals surface area contributed by atoms with Crippen molar-refractivity contribution in [2.24, 2.45) is 0 Å². The van der Waals surface area contributed by atoms with Crippen molar-refractivity contribution in [1.29, 1.82) is 0 Å². The van der Waals surface area contributed by atoms with E-state index in [4.69, 9.17) is 4.74 Å². The van der Waals surface area contributed by atoms with Gasteiger partial charge in [0.05, 0.1) is 12.1 Å². The van der Waals surface area contributed by atoms with Gasteiger partial charge in [0.15, 0.2) is 0 Å². The van der Waals surface area contributed by atoms with E-state index in [0.717, 1.165) is 25.2 Å². The number of nitrogens with one attached hydrogen (secondary N) is 2. The number of anilines is 1. The zero-order chi connectivity index (χ0) is 13.7. The standard InChI is InChI=1S/C14H21N3O2/c1-3-6-15-13-9-11(4-7-16-13)14(18)17-12-5-8-19-10(12)2/h4,7,9-10,12H,3,5-6,8H2,1-2H3,(H,15,16)(H,17,18). The van der Waals surface area contributed by atoms with E-state index in [1.165, 1.54) is 0 Å². The molecular formula is C14H21N3O2. The van der Waals surface area contributed by atoms with E-state index >= 15 is 0 Å². The molecule has 104 valence electrons. The zero-order valence-corrected chi connectivity index (χ0v) is 11.5. The molecule has 5 heteroatoms. The molecule has 1 amide bonds. The lowest BCUT2D eigenvalue weighted by atomic mass is 10.1. The Morgan fingerprint density at radius 2 is 2.42 bits per heavy atom. The molecule has 0 radical (unpaired) electrons. The van der Waals surface area contributed by atoms with E-state index in [9.17, 15) is 4.79 Å². The third-order valence-electron chi connectivity index (χ3n) is 3.27. The Labute approximate surface area is 113 Å². The van der Waals surface area contributed by atoms with Crippen molar-refractivity contribution in [3.05, 3.63) is 23.9 Å². The zero-order valence-electron chi connectivity index (χ0n) is 11.5. The minimum atomic E-state index is -0.0655. The third-order valence-corrected chi connectivity index (χ3v) is 3.27.